The Kier molecular flexibility index (Phi) is 6.56. The highest BCUT2D eigenvalue weighted by Gasteiger charge is 2.21. The van der Waals surface area contributed by atoms with Gasteiger partial charge in [0.25, 0.3) is 5.91 Å². The number of hydrogen-bond donors (Lipinski definition) is 3. The van der Waals surface area contributed by atoms with Gasteiger partial charge in [0.05, 0.1) is 6.61 Å². The molecular weight excluding hydrogens is 312 g/mol. The van der Waals surface area contributed by atoms with Crippen molar-refractivity contribution in [3.63, 3.8) is 0 Å². The van der Waals surface area contributed by atoms with Crippen LogP contribution in [0.15, 0.2) is 24.3 Å². The highest BCUT2D eigenvalue weighted by Crippen LogP contribution is 2.18. The van der Waals surface area contributed by atoms with Gasteiger partial charge in [0.15, 0.2) is 0 Å². The Hall–Kier alpha value is -2.61. The molecule has 130 valence electrons. The number of rotatable bonds is 8. The number of nitrogens with one attached hydrogen (secondary N) is 3. The lowest BCUT2D eigenvalue weighted by molar-refractivity contribution is -0.121. The van der Waals surface area contributed by atoms with Crippen LogP contribution in [-0.4, -0.2) is 57.7 Å². The van der Waals surface area contributed by atoms with Crippen LogP contribution in [0.3, 0.4) is 0 Å². The highest BCUT2D eigenvalue weighted by molar-refractivity contribution is 5.98. The molecule has 0 aromatic heterocycles. The molecule has 8 nitrogen and oxygen atoms in total. The average molecular weight is 334 g/mol. The molecule has 0 unspecified atom stereocenters. The highest BCUT2D eigenvalue weighted by atomic mass is 16.5. The maximum Gasteiger partial charge on any atom is 0.321 e. The summed E-state index contributed by atoms with van der Waals surface area (Å²) in [6, 6.07) is 6.68. The van der Waals surface area contributed by atoms with E-state index >= 15 is 0 Å². The lowest BCUT2D eigenvalue weighted by Crippen LogP contribution is -2.32. The van der Waals surface area contributed by atoms with Gasteiger partial charge in [-0.05, 0) is 18.2 Å². The van der Waals surface area contributed by atoms with Gasteiger partial charge in [0.2, 0.25) is 5.91 Å². The first-order valence-corrected chi connectivity index (χ1v) is 7.81. The second kappa shape index (κ2) is 8.88. The van der Waals surface area contributed by atoms with Crippen LogP contribution in [0.1, 0.15) is 16.8 Å². The van der Waals surface area contributed by atoms with E-state index in [-0.39, 0.29) is 30.8 Å². The van der Waals surface area contributed by atoms with Crippen molar-refractivity contribution in [2.75, 3.05) is 44.8 Å². The van der Waals surface area contributed by atoms with Crippen LogP contribution < -0.4 is 20.9 Å². The van der Waals surface area contributed by atoms with Gasteiger partial charge >= 0.3 is 6.03 Å². The Morgan fingerprint density at radius 3 is 2.83 bits per heavy atom. The summed E-state index contributed by atoms with van der Waals surface area (Å²) in [6.45, 7) is 2.31. The zero-order valence-electron chi connectivity index (χ0n) is 13.6. The molecule has 0 radical (unpaired) electrons. The van der Waals surface area contributed by atoms with Crippen molar-refractivity contribution >= 4 is 23.5 Å². The first kappa shape index (κ1) is 17.7. The fourth-order valence-electron chi connectivity index (χ4n) is 2.31. The number of benzene rings is 1. The second-order valence-electron chi connectivity index (χ2n) is 5.28. The molecule has 0 saturated carbocycles. The van der Waals surface area contributed by atoms with Crippen LogP contribution in [-0.2, 0) is 9.53 Å². The van der Waals surface area contributed by atoms with Crippen LogP contribution in [0, 0.1) is 0 Å². The fraction of sp³-hybridized carbons (Fsp3) is 0.438. The van der Waals surface area contributed by atoms with Gasteiger partial charge < -0.3 is 20.7 Å². The summed E-state index contributed by atoms with van der Waals surface area (Å²) < 4.78 is 4.84. The minimum absolute atomic E-state index is 0.144. The number of ether oxygens (including phenoxy) is 1. The Bertz CT molecular complexity index is 605. The summed E-state index contributed by atoms with van der Waals surface area (Å²) in [5.74, 6) is -0.420. The van der Waals surface area contributed by atoms with Crippen LogP contribution in [0.4, 0.5) is 10.5 Å². The minimum Gasteiger partial charge on any atom is -0.383 e. The van der Waals surface area contributed by atoms with Crippen LogP contribution in [0.2, 0.25) is 0 Å². The Labute approximate surface area is 140 Å². The topological polar surface area (TPSA) is 99.8 Å². The van der Waals surface area contributed by atoms with Crippen molar-refractivity contribution in [1.82, 2.24) is 16.0 Å². The second-order valence-corrected chi connectivity index (χ2v) is 5.28. The molecule has 1 aliphatic rings. The first-order chi connectivity index (χ1) is 11.6. The van der Waals surface area contributed by atoms with E-state index in [0.717, 1.165) is 0 Å². The van der Waals surface area contributed by atoms with Gasteiger partial charge in [-0.1, -0.05) is 6.07 Å². The number of amides is 4. The van der Waals surface area contributed by atoms with Crippen molar-refractivity contribution in [2.24, 2.45) is 0 Å². The smallest absolute Gasteiger partial charge is 0.321 e. The van der Waals surface area contributed by atoms with Crippen molar-refractivity contribution in [3.05, 3.63) is 29.8 Å². The first-order valence-electron chi connectivity index (χ1n) is 7.81. The molecule has 2 rings (SSSR count). The van der Waals surface area contributed by atoms with E-state index in [1.807, 2.05) is 0 Å². The molecule has 24 heavy (non-hydrogen) atoms. The average Bonchev–Trinajstić information content (AvgIpc) is 3.01. The van der Waals surface area contributed by atoms with E-state index in [1.54, 1.807) is 36.3 Å². The number of methoxy groups -OCH3 is 1. The molecule has 1 fully saturated rings. The Morgan fingerprint density at radius 2 is 2.12 bits per heavy atom. The van der Waals surface area contributed by atoms with Crippen LogP contribution >= 0.6 is 0 Å². The number of nitrogens with zero attached hydrogens (tertiary/aromatic N) is 1. The lowest BCUT2D eigenvalue weighted by atomic mass is 10.1. The third-order valence-electron chi connectivity index (χ3n) is 3.54. The summed E-state index contributed by atoms with van der Waals surface area (Å²) in [4.78, 5) is 36.9. The zero-order chi connectivity index (χ0) is 17.4. The van der Waals surface area contributed by atoms with E-state index in [1.165, 1.54) is 0 Å². The molecule has 1 saturated heterocycles. The largest absolute Gasteiger partial charge is 0.383 e. The molecule has 0 bridgehead atoms. The summed E-state index contributed by atoms with van der Waals surface area (Å²) in [5.41, 5.74) is 1.13. The van der Waals surface area contributed by atoms with Crippen molar-refractivity contribution in [2.45, 2.75) is 6.42 Å². The molecule has 4 amide bonds. The van der Waals surface area contributed by atoms with Gasteiger partial charge in [0, 0.05) is 51.0 Å². The van der Waals surface area contributed by atoms with Crippen LogP contribution in [0.25, 0.3) is 0 Å². The Morgan fingerprint density at radius 1 is 1.29 bits per heavy atom. The number of carbonyl (C=O) groups is 3. The van der Waals surface area contributed by atoms with E-state index < -0.39 is 0 Å². The zero-order valence-corrected chi connectivity index (χ0v) is 13.6. The summed E-state index contributed by atoms with van der Waals surface area (Å²) in [5, 5.41) is 8.10. The summed E-state index contributed by atoms with van der Waals surface area (Å²) >= 11 is 0. The molecule has 1 aromatic carbocycles. The summed E-state index contributed by atoms with van der Waals surface area (Å²) in [7, 11) is 1.56. The third-order valence-corrected chi connectivity index (χ3v) is 3.54. The van der Waals surface area contributed by atoms with Gasteiger partial charge in [-0.2, -0.15) is 0 Å². The molecule has 0 aliphatic carbocycles. The van der Waals surface area contributed by atoms with E-state index in [0.29, 0.717) is 37.5 Å². The van der Waals surface area contributed by atoms with Gasteiger partial charge in [-0.25, -0.2) is 4.79 Å². The normalized spacial score (nSPS) is 13.5. The van der Waals surface area contributed by atoms with Crippen LogP contribution in [0.5, 0.6) is 0 Å². The molecule has 8 heteroatoms. The van der Waals surface area contributed by atoms with Gasteiger partial charge in [0.1, 0.15) is 0 Å². The number of carbonyl (C=O) groups excluding carboxylic acids is 3. The molecule has 0 spiro atoms. The molecule has 3 N–H and O–H groups in total. The van der Waals surface area contributed by atoms with Crippen molar-refractivity contribution in [1.29, 1.82) is 0 Å². The molecule has 0 atom stereocenters. The molecule has 1 aromatic rings. The van der Waals surface area contributed by atoms with E-state index in [2.05, 4.69) is 16.0 Å². The van der Waals surface area contributed by atoms with E-state index in [9.17, 15) is 14.4 Å². The molecule has 1 aliphatic heterocycles. The van der Waals surface area contributed by atoms with Gasteiger partial charge in [-0.3, -0.25) is 14.5 Å². The molecule has 1 heterocycles. The quantitative estimate of drug-likeness (QED) is 0.587. The predicted molar refractivity (Wildman–Crippen MR) is 89.0 cm³/mol. The minimum atomic E-state index is -0.277. The number of hydrogen-bond acceptors (Lipinski definition) is 4. The maximum absolute atomic E-state index is 12.2. The Balaban J connectivity index is 1.82. The third kappa shape index (κ3) is 4.95. The maximum atomic E-state index is 12.2. The predicted octanol–water partition coefficient (Wildman–Crippen LogP) is 0.0987. The van der Waals surface area contributed by atoms with Crippen molar-refractivity contribution < 1.29 is 19.1 Å². The monoisotopic (exact) mass is 334 g/mol. The number of anilines is 1. The number of urea groups is 1. The molecular formula is C16H22N4O4. The SMILES string of the molecule is COCCNC(=O)CCNC(=O)c1cccc(N2CCNC2=O)c1. The lowest BCUT2D eigenvalue weighted by Gasteiger charge is -2.15. The van der Waals surface area contributed by atoms with Gasteiger partial charge in [-0.15, -0.1) is 0 Å². The fourth-order valence-corrected chi connectivity index (χ4v) is 2.31. The summed E-state index contributed by atoms with van der Waals surface area (Å²) in [6.07, 6.45) is 0.198. The van der Waals surface area contributed by atoms with E-state index in [4.69, 9.17) is 4.74 Å². The van der Waals surface area contributed by atoms with Crippen molar-refractivity contribution in [3.8, 4) is 0 Å². The standard InChI is InChI=1S/C16H22N4O4/c1-24-10-8-17-14(21)5-6-18-15(22)12-3-2-4-13(11-12)20-9-7-19-16(20)23/h2-4,11H,5-10H2,1H3,(H,17,21)(H,18,22)(H,19,23).